The van der Waals surface area contributed by atoms with E-state index in [1.807, 2.05) is 49.2 Å². The van der Waals surface area contributed by atoms with E-state index in [2.05, 4.69) is 10.3 Å². The summed E-state index contributed by atoms with van der Waals surface area (Å²) < 4.78 is 19.2. The van der Waals surface area contributed by atoms with Crippen molar-refractivity contribution in [2.75, 3.05) is 26.7 Å². The van der Waals surface area contributed by atoms with Gasteiger partial charge in [-0.25, -0.2) is 9.38 Å². The van der Waals surface area contributed by atoms with Crippen molar-refractivity contribution in [2.45, 2.75) is 20.1 Å². The van der Waals surface area contributed by atoms with Gasteiger partial charge in [0, 0.05) is 19.2 Å². The number of aliphatic hydroxyl groups excluding tert-OH is 1. The molecule has 0 aliphatic carbocycles. The Balaban J connectivity index is 0.00000364. The summed E-state index contributed by atoms with van der Waals surface area (Å²) in [5.74, 6) is 1.19. The van der Waals surface area contributed by atoms with Crippen molar-refractivity contribution in [2.24, 2.45) is 4.99 Å². The Hall–Kier alpha value is -1.87. The molecule has 27 heavy (non-hydrogen) atoms. The maximum absolute atomic E-state index is 13.5. The van der Waals surface area contributed by atoms with Crippen molar-refractivity contribution in [1.29, 1.82) is 0 Å². The molecule has 2 aromatic rings. The van der Waals surface area contributed by atoms with E-state index in [1.54, 1.807) is 12.1 Å². The maximum Gasteiger partial charge on any atom is 0.194 e. The number of hydrogen-bond acceptors (Lipinski definition) is 3. The Labute approximate surface area is 177 Å². The molecule has 2 rings (SSSR count). The highest BCUT2D eigenvalue weighted by atomic mass is 127. The second-order valence-electron chi connectivity index (χ2n) is 5.84. The van der Waals surface area contributed by atoms with Crippen molar-refractivity contribution < 1.29 is 14.2 Å². The number of halogens is 2. The summed E-state index contributed by atoms with van der Waals surface area (Å²) in [5.41, 5.74) is 1.13. The number of aliphatic imine (C=N–C) groups is 1. The van der Waals surface area contributed by atoms with E-state index in [0.717, 1.165) is 23.8 Å². The lowest BCUT2D eigenvalue weighted by Crippen LogP contribution is -2.40. The SMILES string of the molecule is CCNC(=NCc1ccc(F)c(CO)c1)N(C)CCOc1ccccc1.I. The van der Waals surface area contributed by atoms with Crippen LogP contribution in [-0.4, -0.2) is 42.7 Å². The van der Waals surface area contributed by atoms with Gasteiger partial charge in [-0.3, -0.25) is 0 Å². The van der Waals surface area contributed by atoms with Gasteiger partial charge in [-0.15, -0.1) is 24.0 Å². The standard InChI is InChI=1S/C20H26FN3O2.HI/c1-3-22-20(23-14-16-9-10-19(21)17(13-16)15-25)24(2)11-12-26-18-7-5-4-6-8-18;/h4-10,13,25H,3,11-12,14-15H2,1-2H3,(H,22,23);1H. The lowest BCUT2D eigenvalue weighted by atomic mass is 10.1. The van der Waals surface area contributed by atoms with Gasteiger partial charge in [0.15, 0.2) is 5.96 Å². The number of rotatable bonds is 8. The zero-order valence-electron chi connectivity index (χ0n) is 15.7. The molecule has 0 amide bonds. The van der Waals surface area contributed by atoms with Crippen LogP contribution in [0.4, 0.5) is 4.39 Å². The molecule has 0 radical (unpaired) electrons. The number of ether oxygens (including phenoxy) is 1. The largest absolute Gasteiger partial charge is 0.492 e. The second-order valence-corrected chi connectivity index (χ2v) is 5.84. The molecule has 0 fully saturated rings. The molecule has 0 bridgehead atoms. The summed E-state index contributed by atoms with van der Waals surface area (Å²) in [4.78, 5) is 6.58. The topological polar surface area (TPSA) is 57.1 Å². The highest BCUT2D eigenvalue weighted by Gasteiger charge is 2.07. The third-order valence-electron chi connectivity index (χ3n) is 3.83. The molecule has 0 atom stereocenters. The van der Waals surface area contributed by atoms with Crippen molar-refractivity contribution in [3.8, 4) is 5.75 Å². The fourth-order valence-corrected chi connectivity index (χ4v) is 2.41. The van der Waals surface area contributed by atoms with Gasteiger partial charge >= 0.3 is 0 Å². The molecule has 0 saturated carbocycles. The van der Waals surface area contributed by atoms with Crippen LogP contribution in [0, 0.1) is 5.82 Å². The molecule has 7 heteroatoms. The highest BCUT2D eigenvalue weighted by Crippen LogP contribution is 2.12. The molecule has 0 heterocycles. The number of likely N-dealkylation sites (N-methyl/N-ethyl adjacent to an activating group) is 1. The summed E-state index contributed by atoms with van der Waals surface area (Å²) in [6, 6.07) is 14.4. The molecular formula is C20H27FIN3O2. The Morgan fingerprint density at radius 2 is 1.96 bits per heavy atom. The summed E-state index contributed by atoms with van der Waals surface area (Å²) in [6.45, 7) is 4.04. The molecule has 5 nitrogen and oxygen atoms in total. The summed E-state index contributed by atoms with van der Waals surface area (Å²) in [6.07, 6.45) is 0. The lowest BCUT2D eigenvalue weighted by molar-refractivity contribution is 0.275. The van der Waals surface area contributed by atoms with Gasteiger partial charge in [0.05, 0.1) is 19.7 Å². The quantitative estimate of drug-likeness (QED) is 0.341. The number of nitrogens with one attached hydrogen (secondary N) is 1. The number of para-hydroxylation sites is 1. The normalized spacial score (nSPS) is 10.9. The molecule has 0 aromatic heterocycles. The number of guanidine groups is 1. The predicted molar refractivity (Wildman–Crippen MR) is 117 cm³/mol. The summed E-state index contributed by atoms with van der Waals surface area (Å²) in [5, 5.41) is 12.4. The summed E-state index contributed by atoms with van der Waals surface area (Å²) >= 11 is 0. The molecule has 0 saturated heterocycles. The smallest absolute Gasteiger partial charge is 0.194 e. The molecule has 0 unspecified atom stereocenters. The van der Waals surface area contributed by atoms with E-state index in [0.29, 0.717) is 19.7 Å². The van der Waals surface area contributed by atoms with E-state index >= 15 is 0 Å². The molecular weight excluding hydrogens is 460 g/mol. The fraction of sp³-hybridized carbons (Fsp3) is 0.350. The Bertz CT molecular complexity index is 714. The van der Waals surface area contributed by atoms with E-state index in [-0.39, 0.29) is 36.1 Å². The van der Waals surface area contributed by atoms with Gasteiger partial charge in [-0.1, -0.05) is 24.3 Å². The van der Waals surface area contributed by atoms with Crippen LogP contribution in [0.5, 0.6) is 5.75 Å². The number of hydrogen-bond donors (Lipinski definition) is 2. The molecule has 148 valence electrons. The Kier molecular flexibility index (Phi) is 10.7. The van der Waals surface area contributed by atoms with Gasteiger partial charge in [-0.2, -0.15) is 0 Å². The van der Waals surface area contributed by atoms with Crippen LogP contribution in [0.15, 0.2) is 53.5 Å². The maximum atomic E-state index is 13.5. The third kappa shape index (κ3) is 7.72. The van der Waals surface area contributed by atoms with Gasteiger partial charge in [0.25, 0.3) is 0 Å². The lowest BCUT2D eigenvalue weighted by Gasteiger charge is -2.22. The average molecular weight is 487 g/mol. The van der Waals surface area contributed by atoms with Gasteiger partial charge in [0.1, 0.15) is 18.2 Å². The Morgan fingerprint density at radius 1 is 1.22 bits per heavy atom. The number of nitrogens with zero attached hydrogens (tertiary/aromatic N) is 2. The van der Waals surface area contributed by atoms with Crippen LogP contribution in [-0.2, 0) is 13.2 Å². The van der Waals surface area contributed by atoms with Crippen molar-refractivity contribution in [3.05, 3.63) is 65.5 Å². The first kappa shape index (κ1) is 23.2. The van der Waals surface area contributed by atoms with Crippen molar-refractivity contribution >= 4 is 29.9 Å². The van der Waals surface area contributed by atoms with Crippen LogP contribution in [0.25, 0.3) is 0 Å². The number of aliphatic hydroxyl groups is 1. The average Bonchev–Trinajstić information content (AvgIpc) is 2.67. The first-order valence-electron chi connectivity index (χ1n) is 8.69. The number of benzene rings is 2. The highest BCUT2D eigenvalue weighted by molar-refractivity contribution is 14.0. The molecule has 2 N–H and O–H groups in total. The zero-order chi connectivity index (χ0) is 18.8. The summed E-state index contributed by atoms with van der Waals surface area (Å²) in [7, 11) is 1.94. The minimum atomic E-state index is -0.401. The van der Waals surface area contributed by atoms with Crippen LogP contribution >= 0.6 is 24.0 Å². The van der Waals surface area contributed by atoms with Crippen LogP contribution in [0.3, 0.4) is 0 Å². The first-order valence-corrected chi connectivity index (χ1v) is 8.69. The fourth-order valence-electron chi connectivity index (χ4n) is 2.41. The molecule has 2 aromatic carbocycles. The molecule has 0 aliphatic heterocycles. The predicted octanol–water partition coefficient (Wildman–Crippen LogP) is 3.41. The Morgan fingerprint density at radius 3 is 2.63 bits per heavy atom. The third-order valence-corrected chi connectivity index (χ3v) is 3.83. The monoisotopic (exact) mass is 487 g/mol. The van der Waals surface area contributed by atoms with E-state index in [9.17, 15) is 9.50 Å². The van der Waals surface area contributed by atoms with Crippen molar-refractivity contribution in [3.63, 3.8) is 0 Å². The van der Waals surface area contributed by atoms with E-state index < -0.39 is 5.82 Å². The second kappa shape index (κ2) is 12.5. The minimum absolute atomic E-state index is 0. The van der Waals surface area contributed by atoms with Gasteiger partial charge in [-0.05, 0) is 36.8 Å². The van der Waals surface area contributed by atoms with Crippen LogP contribution in [0.1, 0.15) is 18.1 Å². The zero-order valence-corrected chi connectivity index (χ0v) is 18.0. The first-order chi connectivity index (χ1) is 12.6. The van der Waals surface area contributed by atoms with Crippen LogP contribution in [0.2, 0.25) is 0 Å². The molecule has 0 spiro atoms. The van der Waals surface area contributed by atoms with E-state index in [4.69, 9.17) is 4.74 Å². The van der Waals surface area contributed by atoms with Gasteiger partial charge in [0.2, 0.25) is 0 Å². The minimum Gasteiger partial charge on any atom is -0.492 e. The molecule has 0 aliphatic rings. The van der Waals surface area contributed by atoms with Crippen LogP contribution < -0.4 is 10.1 Å². The van der Waals surface area contributed by atoms with E-state index in [1.165, 1.54) is 6.07 Å². The van der Waals surface area contributed by atoms with Crippen molar-refractivity contribution in [1.82, 2.24) is 10.2 Å². The van der Waals surface area contributed by atoms with Gasteiger partial charge < -0.3 is 20.1 Å².